The van der Waals surface area contributed by atoms with Gasteiger partial charge in [-0.15, -0.1) is 0 Å². The third-order valence-electron chi connectivity index (χ3n) is 13.0. The van der Waals surface area contributed by atoms with Crippen molar-refractivity contribution in [1.29, 1.82) is 0 Å². The maximum absolute atomic E-state index is 5.53. The van der Waals surface area contributed by atoms with Gasteiger partial charge in [-0.05, 0) is 142 Å². The van der Waals surface area contributed by atoms with E-state index in [1.54, 1.807) is 14.2 Å². The topological polar surface area (TPSA) is 18.5 Å². The van der Waals surface area contributed by atoms with E-state index in [0.717, 1.165) is 11.5 Å². The average Bonchev–Trinajstić information content (AvgIpc) is 3.67. The minimum absolute atomic E-state index is 0.00131. The molecule has 62 heavy (non-hydrogen) atoms. The van der Waals surface area contributed by atoms with E-state index < -0.39 is 11.2 Å². The van der Waals surface area contributed by atoms with Gasteiger partial charge >= 0.3 is 41.5 Å². The van der Waals surface area contributed by atoms with E-state index in [-0.39, 0.29) is 10.8 Å². The summed E-state index contributed by atoms with van der Waals surface area (Å²) in [4.78, 5) is 0. The molecular formula is C56H46Cl3FeO2. The zero-order valence-corrected chi connectivity index (χ0v) is 38.8. The fourth-order valence-corrected chi connectivity index (χ4v) is 9.88. The second-order valence-electron chi connectivity index (χ2n) is 16.9. The van der Waals surface area contributed by atoms with Crippen LogP contribution in [-0.4, -0.2) is 14.2 Å². The fourth-order valence-electron chi connectivity index (χ4n) is 9.88. The van der Waals surface area contributed by atoms with Crippen molar-refractivity contribution in [3.8, 4) is 56.0 Å². The van der Waals surface area contributed by atoms with Crippen molar-refractivity contribution < 1.29 is 20.6 Å². The van der Waals surface area contributed by atoms with Gasteiger partial charge in [-0.2, -0.15) is 0 Å². The van der Waals surface area contributed by atoms with Crippen LogP contribution in [0.5, 0.6) is 11.5 Å². The van der Waals surface area contributed by atoms with E-state index >= 15 is 0 Å². The third kappa shape index (κ3) is 7.34. The number of hydrogen-bond donors (Lipinski definition) is 0. The Morgan fingerprint density at radius 3 is 1.42 bits per heavy atom. The second-order valence-corrected chi connectivity index (χ2v) is 22.4. The first kappa shape index (κ1) is 42.1. The Bertz CT molecular complexity index is 3150. The van der Waals surface area contributed by atoms with Crippen LogP contribution in [0.25, 0.3) is 76.8 Å². The Labute approximate surface area is 381 Å². The number of hydrogen-bond acceptors (Lipinski definition) is 2. The first-order chi connectivity index (χ1) is 29.9. The summed E-state index contributed by atoms with van der Waals surface area (Å²) in [6, 6.07) is 61.5. The Morgan fingerprint density at radius 1 is 0.339 bits per heavy atom. The molecule has 0 heterocycles. The maximum atomic E-state index is 5.53. The van der Waals surface area contributed by atoms with Crippen LogP contribution in [0, 0.1) is 0 Å². The number of methoxy groups -OCH3 is 2. The first-order valence-electron chi connectivity index (χ1n) is 20.6. The Morgan fingerprint density at radius 2 is 0.790 bits per heavy atom. The van der Waals surface area contributed by atoms with Crippen LogP contribution < -0.4 is 9.47 Å². The average molecular weight is 913 g/mol. The molecule has 0 atom stereocenters. The van der Waals surface area contributed by atoms with Crippen molar-refractivity contribution in [3.63, 3.8) is 0 Å². The molecule has 9 aromatic rings. The molecule has 2 nitrogen and oxygen atoms in total. The Balaban J connectivity index is 0.000000146. The molecule has 0 aliphatic heterocycles. The van der Waals surface area contributed by atoms with E-state index in [2.05, 4.69) is 198 Å². The molecule has 0 aromatic heterocycles. The molecule has 2 aliphatic carbocycles. The summed E-state index contributed by atoms with van der Waals surface area (Å²) in [5.74, 6) is 1.78. The summed E-state index contributed by atoms with van der Waals surface area (Å²) in [7, 11) is 18.1. The van der Waals surface area contributed by atoms with Crippen molar-refractivity contribution in [3.05, 3.63) is 192 Å². The van der Waals surface area contributed by atoms with Crippen molar-refractivity contribution in [2.75, 3.05) is 14.2 Å². The van der Waals surface area contributed by atoms with Gasteiger partial charge in [0.05, 0.1) is 14.2 Å². The molecule has 2 aliphatic rings. The molecule has 6 heteroatoms. The van der Waals surface area contributed by atoms with Gasteiger partial charge in [-0.3, -0.25) is 0 Å². The SMILES string of the molecule is COc1ccc(-c2ccc3c(c2)C(C)(C)c2ccccc2-3)c(-c2ccccc2)c1.COc1ccc2c(c1)c1ccccc1c1cc3c(cc21)C(C)(C)c1ccccc1-3.[Cl][Fe]([Cl])[Cl]. The Kier molecular flexibility index (Phi) is 11.4. The van der Waals surface area contributed by atoms with Crippen LogP contribution in [0.4, 0.5) is 0 Å². The zero-order valence-electron chi connectivity index (χ0n) is 35.5. The van der Waals surface area contributed by atoms with E-state index in [0.29, 0.717) is 0 Å². The number of benzene rings is 9. The number of ether oxygens (including phenoxy) is 2. The van der Waals surface area contributed by atoms with Crippen molar-refractivity contribution >= 4 is 62.6 Å². The molecule has 0 saturated carbocycles. The monoisotopic (exact) mass is 911 g/mol. The van der Waals surface area contributed by atoms with E-state index in [9.17, 15) is 0 Å². The number of fused-ring (bicyclic) bond motifs is 12. The molecule has 0 unspecified atom stereocenters. The molecule has 0 radical (unpaired) electrons. The van der Waals surface area contributed by atoms with Gasteiger partial charge < -0.3 is 9.47 Å². The van der Waals surface area contributed by atoms with Gasteiger partial charge in [0.25, 0.3) is 0 Å². The summed E-state index contributed by atoms with van der Waals surface area (Å²) in [5, 5.41) is 7.76. The van der Waals surface area contributed by atoms with Crippen LogP contribution in [0.3, 0.4) is 0 Å². The van der Waals surface area contributed by atoms with Crippen LogP contribution in [0.15, 0.2) is 170 Å². The second kappa shape index (κ2) is 16.8. The van der Waals surface area contributed by atoms with Gasteiger partial charge in [0.2, 0.25) is 0 Å². The molecule has 0 N–H and O–H groups in total. The van der Waals surface area contributed by atoms with Crippen LogP contribution in [0.1, 0.15) is 49.9 Å². The molecule has 311 valence electrons. The Hall–Kier alpha value is -5.25. The summed E-state index contributed by atoms with van der Waals surface area (Å²) < 4.78 is 11.0. The minimum atomic E-state index is -1.33. The third-order valence-corrected chi connectivity index (χ3v) is 13.0. The summed E-state index contributed by atoms with van der Waals surface area (Å²) in [6.45, 7) is 9.34. The summed E-state index contributed by atoms with van der Waals surface area (Å²) in [5.41, 5.74) is 16.0. The van der Waals surface area contributed by atoms with E-state index in [1.165, 1.54) is 99.1 Å². The standard InChI is InChI=1S/C28H22O.C28H24O.3ClH.Fe/c1-28(2)26-11-7-6-10-21(26)25-15-23-19-9-5-4-8-18(19)22-14-17(29-3)12-13-20(22)24(23)16-27(25)28;1-28(2)26-12-8-7-11-23(26)24-15-13-20(17-27(24)28)22-16-14-21(29-3)18-25(22)19-9-5-4-6-10-19;;;;/h4-16H,1-3H3;4-18H,1-3H3;3*1H;/q;;;;;+3/p-3. The predicted molar refractivity (Wildman–Crippen MR) is 262 cm³/mol. The first-order valence-corrected chi connectivity index (χ1v) is 25.2. The van der Waals surface area contributed by atoms with Gasteiger partial charge in [0.1, 0.15) is 11.5 Å². The zero-order chi connectivity index (χ0) is 43.3. The molecule has 0 bridgehead atoms. The van der Waals surface area contributed by atoms with Gasteiger partial charge in [0, 0.05) is 10.8 Å². The summed E-state index contributed by atoms with van der Waals surface area (Å²) >= 11 is -1.33. The molecule has 0 saturated heterocycles. The number of rotatable bonds is 4. The molecule has 0 spiro atoms. The molecule has 0 amide bonds. The normalized spacial score (nSPS) is 13.8. The van der Waals surface area contributed by atoms with Gasteiger partial charge in [0.15, 0.2) is 0 Å². The molecule has 9 aromatic carbocycles. The molecule has 11 rings (SSSR count). The fraction of sp³-hybridized carbons (Fsp3) is 0.143. The van der Waals surface area contributed by atoms with Crippen molar-refractivity contribution in [2.24, 2.45) is 0 Å². The molecule has 0 fully saturated rings. The predicted octanol–water partition coefficient (Wildman–Crippen LogP) is 16.9. The van der Waals surface area contributed by atoms with Crippen LogP contribution in [0.2, 0.25) is 0 Å². The van der Waals surface area contributed by atoms with Gasteiger partial charge in [-0.1, -0.05) is 155 Å². The van der Waals surface area contributed by atoms with E-state index in [1.807, 2.05) is 0 Å². The number of halogens is 3. The van der Waals surface area contributed by atoms with Crippen LogP contribution in [-0.2, 0) is 22.0 Å². The molecular weight excluding hydrogens is 867 g/mol. The van der Waals surface area contributed by atoms with Crippen molar-refractivity contribution in [2.45, 2.75) is 38.5 Å². The van der Waals surface area contributed by atoms with Crippen LogP contribution >= 0.6 is 30.3 Å². The van der Waals surface area contributed by atoms with Crippen molar-refractivity contribution in [1.82, 2.24) is 0 Å². The van der Waals surface area contributed by atoms with E-state index in [4.69, 9.17) is 39.8 Å². The summed E-state index contributed by atoms with van der Waals surface area (Å²) in [6.07, 6.45) is 0. The quantitative estimate of drug-likeness (QED) is 0.129. The van der Waals surface area contributed by atoms with Gasteiger partial charge in [-0.25, -0.2) is 0 Å².